The molecule has 3 heterocycles. The number of carbonyl (C=O) groups is 2. The molecule has 0 bridgehead atoms. The molecule has 0 radical (unpaired) electrons. The number of likely N-dealkylation sites (tertiary alicyclic amines) is 1. The van der Waals surface area contributed by atoms with Crippen LogP contribution in [-0.4, -0.2) is 44.6 Å². The number of hydrogen-bond donors (Lipinski definition) is 1. The first-order valence-corrected chi connectivity index (χ1v) is 12.5. The molecule has 1 atom stereocenters. The van der Waals surface area contributed by atoms with Crippen molar-refractivity contribution in [3.63, 3.8) is 0 Å². The highest BCUT2D eigenvalue weighted by molar-refractivity contribution is 6.34. The second kappa shape index (κ2) is 11.0. The first-order chi connectivity index (χ1) is 16.8. The number of aromatic nitrogens is 3. The number of amides is 2. The van der Waals surface area contributed by atoms with E-state index < -0.39 is 0 Å². The number of hydrogen-bond acceptors (Lipinski definition) is 4. The van der Waals surface area contributed by atoms with Crippen molar-refractivity contribution < 1.29 is 9.59 Å². The van der Waals surface area contributed by atoms with Gasteiger partial charge < -0.3 is 10.2 Å². The van der Waals surface area contributed by atoms with Gasteiger partial charge in [0.05, 0.1) is 11.2 Å². The van der Waals surface area contributed by atoms with E-state index in [1.54, 1.807) is 10.9 Å². The Morgan fingerprint density at radius 1 is 1.17 bits per heavy atom. The summed E-state index contributed by atoms with van der Waals surface area (Å²) in [5, 5.41) is 7.56. The largest absolute Gasteiger partial charge is 0.342 e. The molecule has 1 N–H and O–H groups in total. The third-order valence-corrected chi connectivity index (χ3v) is 6.66. The molecule has 2 amide bonds. The zero-order valence-corrected chi connectivity index (χ0v) is 21.3. The quantitative estimate of drug-likeness (QED) is 0.503. The number of pyridine rings is 1. The van der Waals surface area contributed by atoms with Crippen LogP contribution >= 0.6 is 11.6 Å². The molecule has 184 valence electrons. The van der Waals surface area contributed by atoms with E-state index in [0.717, 1.165) is 36.9 Å². The number of halogens is 1. The van der Waals surface area contributed by atoms with E-state index >= 15 is 0 Å². The van der Waals surface area contributed by atoms with Crippen LogP contribution in [0, 0.1) is 18.8 Å². The lowest BCUT2D eigenvalue weighted by molar-refractivity contribution is -0.136. The number of carbonyl (C=O) groups excluding carboxylic acids is 2. The van der Waals surface area contributed by atoms with Gasteiger partial charge >= 0.3 is 0 Å². The summed E-state index contributed by atoms with van der Waals surface area (Å²) in [5.74, 6) is 0.519. The lowest BCUT2D eigenvalue weighted by Crippen LogP contribution is -2.43. The molecule has 1 fully saturated rings. The van der Waals surface area contributed by atoms with E-state index in [0.29, 0.717) is 29.6 Å². The maximum absolute atomic E-state index is 13.2. The van der Waals surface area contributed by atoms with Crippen molar-refractivity contribution in [2.75, 3.05) is 18.4 Å². The summed E-state index contributed by atoms with van der Waals surface area (Å²) in [7, 11) is 0. The van der Waals surface area contributed by atoms with Crippen LogP contribution in [0.1, 0.15) is 53.9 Å². The first-order valence-electron chi connectivity index (χ1n) is 12.1. The van der Waals surface area contributed by atoms with Gasteiger partial charge in [0.15, 0.2) is 0 Å². The Bertz CT molecular complexity index is 1190. The number of piperidine rings is 1. The van der Waals surface area contributed by atoms with E-state index in [-0.39, 0.29) is 23.7 Å². The van der Waals surface area contributed by atoms with Gasteiger partial charge in [-0.05, 0) is 48.8 Å². The van der Waals surface area contributed by atoms with Crippen molar-refractivity contribution in [2.24, 2.45) is 11.8 Å². The van der Waals surface area contributed by atoms with Crippen LogP contribution in [-0.2, 0) is 17.8 Å². The van der Waals surface area contributed by atoms with E-state index in [1.165, 1.54) is 11.8 Å². The summed E-state index contributed by atoms with van der Waals surface area (Å²) >= 11 is 6.37. The molecule has 1 aliphatic rings. The van der Waals surface area contributed by atoms with E-state index in [9.17, 15) is 9.59 Å². The van der Waals surface area contributed by atoms with Crippen molar-refractivity contribution in [3.8, 4) is 0 Å². The number of anilines is 1. The number of rotatable bonds is 7. The van der Waals surface area contributed by atoms with Gasteiger partial charge in [0.25, 0.3) is 5.91 Å². The lowest BCUT2D eigenvalue weighted by Gasteiger charge is -2.34. The summed E-state index contributed by atoms with van der Waals surface area (Å²) < 4.78 is 1.66. The molecule has 1 aromatic carbocycles. The van der Waals surface area contributed by atoms with Crippen molar-refractivity contribution in [3.05, 3.63) is 76.2 Å². The van der Waals surface area contributed by atoms with E-state index in [2.05, 4.69) is 27.5 Å². The topological polar surface area (TPSA) is 80.1 Å². The molecule has 1 saturated heterocycles. The summed E-state index contributed by atoms with van der Waals surface area (Å²) in [6, 6.07) is 12.2. The van der Waals surface area contributed by atoms with Gasteiger partial charge in [0.1, 0.15) is 11.5 Å². The van der Waals surface area contributed by atoms with Crippen molar-refractivity contribution in [1.82, 2.24) is 19.7 Å². The number of aryl methyl sites for hydroxylation is 1. The van der Waals surface area contributed by atoms with E-state index in [4.69, 9.17) is 11.6 Å². The van der Waals surface area contributed by atoms with Gasteiger partial charge in [-0.1, -0.05) is 61.8 Å². The number of benzene rings is 1. The predicted octanol–water partition coefficient (Wildman–Crippen LogP) is 4.98. The van der Waals surface area contributed by atoms with Crippen LogP contribution in [0.15, 0.2) is 48.8 Å². The third kappa shape index (κ3) is 6.09. The molecule has 1 aliphatic heterocycles. The third-order valence-electron chi connectivity index (χ3n) is 6.38. The first kappa shape index (κ1) is 24.9. The van der Waals surface area contributed by atoms with Crippen LogP contribution < -0.4 is 5.32 Å². The van der Waals surface area contributed by atoms with E-state index in [1.807, 2.05) is 49.9 Å². The van der Waals surface area contributed by atoms with Gasteiger partial charge in [0, 0.05) is 31.7 Å². The smallest absolute Gasteiger partial charge is 0.276 e. The Morgan fingerprint density at radius 2 is 1.94 bits per heavy atom. The van der Waals surface area contributed by atoms with Gasteiger partial charge in [-0.25, -0.2) is 4.98 Å². The molecule has 0 saturated carbocycles. The molecule has 4 rings (SSSR count). The molecule has 8 heteroatoms. The lowest BCUT2D eigenvalue weighted by atomic mass is 9.97. The van der Waals surface area contributed by atoms with Crippen molar-refractivity contribution in [1.29, 1.82) is 0 Å². The highest BCUT2D eigenvalue weighted by atomic mass is 35.5. The Labute approximate surface area is 211 Å². The molecular weight excluding hydrogens is 462 g/mol. The maximum Gasteiger partial charge on any atom is 0.276 e. The fraction of sp³-hybridized carbons (Fsp3) is 0.407. The minimum absolute atomic E-state index is 0.0240. The monoisotopic (exact) mass is 493 g/mol. The average molecular weight is 494 g/mol. The van der Waals surface area contributed by atoms with Crippen molar-refractivity contribution >= 4 is 29.2 Å². The molecule has 3 aromatic rings. The molecular formula is C27H32ClN5O2. The van der Waals surface area contributed by atoms with Gasteiger partial charge in [-0.3, -0.25) is 14.3 Å². The summed E-state index contributed by atoms with van der Waals surface area (Å²) in [5.41, 5.74) is 3.47. The van der Waals surface area contributed by atoms with Crippen LogP contribution in [0.4, 0.5) is 5.82 Å². The SMILES string of the molecule is Cc1cc(Cc2ccccc2)cnc1NC(=O)c1c(Cl)cnn1CC1CCCN(C(=O)C(C)C)C1. The highest BCUT2D eigenvalue weighted by Crippen LogP contribution is 2.24. The number of nitrogens with zero attached hydrogens (tertiary/aromatic N) is 4. The Kier molecular flexibility index (Phi) is 7.86. The summed E-state index contributed by atoms with van der Waals surface area (Å²) in [4.78, 5) is 32.1. The minimum atomic E-state index is -0.343. The van der Waals surface area contributed by atoms with Crippen LogP contribution in [0.3, 0.4) is 0 Å². The Balaban J connectivity index is 1.44. The zero-order valence-electron chi connectivity index (χ0n) is 20.5. The van der Waals surface area contributed by atoms with Gasteiger partial charge in [0.2, 0.25) is 5.91 Å². The second-order valence-corrected chi connectivity index (χ2v) is 10.0. The normalized spacial score (nSPS) is 15.9. The molecule has 35 heavy (non-hydrogen) atoms. The second-order valence-electron chi connectivity index (χ2n) is 9.60. The standard InChI is InChI=1S/C27H32ClN5O2/c1-18(2)27(35)32-11-7-10-21(16-32)17-33-24(23(28)15-30-33)26(34)31-25-19(3)12-22(14-29-25)13-20-8-5-4-6-9-20/h4-6,8-9,12,14-15,18,21H,7,10-11,13,16-17H2,1-3H3,(H,29,31,34). The Hall–Kier alpha value is -3.19. The zero-order chi connectivity index (χ0) is 24.9. The molecule has 0 aliphatic carbocycles. The fourth-order valence-electron chi connectivity index (χ4n) is 4.61. The van der Waals surface area contributed by atoms with Gasteiger partial charge in [-0.2, -0.15) is 5.10 Å². The van der Waals surface area contributed by atoms with Crippen LogP contribution in [0.2, 0.25) is 5.02 Å². The fourth-order valence-corrected chi connectivity index (χ4v) is 4.84. The maximum atomic E-state index is 13.2. The Morgan fingerprint density at radius 3 is 2.66 bits per heavy atom. The van der Waals surface area contributed by atoms with Crippen LogP contribution in [0.25, 0.3) is 0 Å². The van der Waals surface area contributed by atoms with Crippen molar-refractivity contribution in [2.45, 2.75) is 46.6 Å². The summed E-state index contributed by atoms with van der Waals surface area (Å²) in [6.07, 6.45) is 5.98. The summed E-state index contributed by atoms with van der Waals surface area (Å²) in [6.45, 7) is 7.75. The predicted molar refractivity (Wildman–Crippen MR) is 138 cm³/mol. The molecule has 0 spiro atoms. The highest BCUT2D eigenvalue weighted by Gasteiger charge is 2.27. The minimum Gasteiger partial charge on any atom is -0.342 e. The van der Waals surface area contributed by atoms with Gasteiger partial charge in [-0.15, -0.1) is 0 Å². The van der Waals surface area contributed by atoms with Crippen LogP contribution in [0.5, 0.6) is 0 Å². The molecule has 1 unspecified atom stereocenters. The number of nitrogens with one attached hydrogen (secondary N) is 1. The molecule has 2 aromatic heterocycles. The average Bonchev–Trinajstić information content (AvgIpc) is 3.20. The molecule has 7 nitrogen and oxygen atoms in total.